The number of nitrogens with two attached hydrogens (primary N) is 1. The van der Waals surface area contributed by atoms with E-state index in [4.69, 9.17) is 5.73 Å². The van der Waals surface area contributed by atoms with Gasteiger partial charge in [-0.05, 0) is 18.2 Å². The predicted octanol–water partition coefficient (Wildman–Crippen LogP) is 2.37. The number of hydrogen-bond donors (Lipinski definition) is 1. The molecular weight excluding hydrogens is 238 g/mol. The zero-order valence-corrected chi connectivity index (χ0v) is 7.95. The van der Waals surface area contributed by atoms with Gasteiger partial charge in [-0.25, -0.2) is 4.39 Å². The van der Waals surface area contributed by atoms with Crippen LogP contribution >= 0.6 is 12.4 Å². The van der Waals surface area contributed by atoms with Crippen LogP contribution in [0, 0.1) is 5.82 Å². The minimum atomic E-state index is -4.69. The Morgan fingerprint density at radius 2 is 1.73 bits per heavy atom. The molecular formula is C8H6ClF4NO. The summed E-state index contributed by atoms with van der Waals surface area (Å²) in [5.74, 6) is -2.25. The van der Waals surface area contributed by atoms with Crippen LogP contribution in [0.5, 0.6) is 0 Å². The van der Waals surface area contributed by atoms with Crippen molar-refractivity contribution in [2.24, 2.45) is 5.73 Å². The van der Waals surface area contributed by atoms with Crippen molar-refractivity contribution >= 4 is 18.3 Å². The summed E-state index contributed by atoms with van der Waals surface area (Å²) in [6.45, 7) is 0. The lowest BCUT2D eigenvalue weighted by molar-refractivity contribution is -0.137. The molecule has 84 valence electrons. The molecule has 2 nitrogen and oxygen atoms in total. The Labute approximate surface area is 88.5 Å². The Kier molecular flexibility index (Phi) is 4.09. The van der Waals surface area contributed by atoms with Crippen LogP contribution in [0.1, 0.15) is 15.9 Å². The van der Waals surface area contributed by atoms with Crippen molar-refractivity contribution in [3.05, 3.63) is 35.1 Å². The lowest BCUT2D eigenvalue weighted by atomic mass is 10.1. The van der Waals surface area contributed by atoms with Gasteiger partial charge in [-0.2, -0.15) is 13.2 Å². The molecule has 0 aromatic heterocycles. The van der Waals surface area contributed by atoms with E-state index in [1.54, 1.807) is 0 Å². The summed E-state index contributed by atoms with van der Waals surface area (Å²) in [4.78, 5) is 10.5. The van der Waals surface area contributed by atoms with Crippen LogP contribution in [0.3, 0.4) is 0 Å². The number of carbonyl (C=O) groups excluding carboxylic acids is 1. The summed E-state index contributed by atoms with van der Waals surface area (Å²) >= 11 is 0. The second-order valence-corrected chi connectivity index (χ2v) is 2.59. The summed E-state index contributed by atoms with van der Waals surface area (Å²) in [6, 6.07) is 1.45. The van der Waals surface area contributed by atoms with E-state index in [0.717, 1.165) is 0 Å². The normalized spacial score (nSPS) is 10.7. The average molecular weight is 244 g/mol. The van der Waals surface area contributed by atoms with E-state index in [-0.39, 0.29) is 12.4 Å². The molecule has 1 aromatic carbocycles. The molecule has 1 aromatic rings. The van der Waals surface area contributed by atoms with E-state index in [0.29, 0.717) is 18.2 Å². The molecule has 0 aliphatic rings. The van der Waals surface area contributed by atoms with Crippen molar-refractivity contribution in [3.63, 3.8) is 0 Å². The van der Waals surface area contributed by atoms with Crippen molar-refractivity contribution in [1.29, 1.82) is 0 Å². The number of rotatable bonds is 1. The Hall–Kier alpha value is -1.30. The summed E-state index contributed by atoms with van der Waals surface area (Å²) in [7, 11) is 0. The van der Waals surface area contributed by atoms with Crippen molar-refractivity contribution < 1.29 is 22.4 Å². The first-order chi connectivity index (χ1) is 6.30. The molecule has 0 bridgehead atoms. The molecule has 0 radical (unpaired) electrons. The molecule has 0 saturated heterocycles. The molecule has 2 N–H and O–H groups in total. The highest BCUT2D eigenvalue weighted by Gasteiger charge is 2.31. The van der Waals surface area contributed by atoms with Crippen molar-refractivity contribution in [1.82, 2.24) is 0 Å². The number of halogens is 5. The van der Waals surface area contributed by atoms with Crippen LogP contribution in [0.4, 0.5) is 17.6 Å². The van der Waals surface area contributed by atoms with Crippen LogP contribution in [0.25, 0.3) is 0 Å². The van der Waals surface area contributed by atoms with Gasteiger partial charge in [-0.15, -0.1) is 12.4 Å². The van der Waals surface area contributed by atoms with Gasteiger partial charge >= 0.3 is 6.18 Å². The van der Waals surface area contributed by atoms with Gasteiger partial charge in [-0.1, -0.05) is 0 Å². The molecule has 1 amide bonds. The number of alkyl halides is 3. The fourth-order valence-corrected chi connectivity index (χ4v) is 0.896. The zero-order valence-electron chi connectivity index (χ0n) is 7.14. The predicted molar refractivity (Wildman–Crippen MR) is 47.2 cm³/mol. The Morgan fingerprint density at radius 1 is 1.20 bits per heavy atom. The largest absolute Gasteiger partial charge is 0.416 e. The van der Waals surface area contributed by atoms with Crippen LogP contribution in [-0.2, 0) is 6.18 Å². The molecule has 0 spiro atoms. The minimum Gasteiger partial charge on any atom is -0.366 e. The smallest absolute Gasteiger partial charge is 0.366 e. The van der Waals surface area contributed by atoms with Gasteiger partial charge in [0.05, 0.1) is 5.56 Å². The summed E-state index contributed by atoms with van der Waals surface area (Å²) in [5.41, 5.74) is 2.99. The molecule has 0 saturated carbocycles. The second kappa shape index (κ2) is 4.48. The van der Waals surface area contributed by atoms with Gasteiger partial charge < -0.3 is 5.73 Å². The van der Waals surface area contributed by atoms with Crippen molar-refractivity contribution in [2.75, 3.05) is 0 Å². The topological polar surface area (TPSA) is 43.1 Å². The minimum absolute atomic E-state index is 0. The van der Waals surface area contributed by atoms with Crippen LogP contribution in [0.2, 0.25) is 0 Å². The molecule has 7 heteroatoms. The molecule has 0 heterocycles. The van der Waals surface area contributed by atoms with E-state index in [1.807, 2.05) is 0 Å². The van der Waals surface area contributed by atoms with Gasteiger partial charge in [0, 0.05) is 5.56 Å². The Balaban J connectivity index is 0.00000196. The van der Waals surface area contributed by atoms with E-state index in [2.05, 4.69) is 0 Å². The maximum absolute atomic E-state index is 12.6. The van der Waals surface area contributed by atoms with E-state index < -0.39 is 29.0 Å². The SMILES string of the molecule is Cl.NC(=O)c1cc(F)cc(C(F)(F)F)c1. The second-order valence-electron chi connectivity index (χ2n) is 2.59. The highest BCUT2D eigenvalue weighted by atomic mass is 35.5. The van der Waals surface area contributed by atoms with Crippen LogP contribution in [0.15, 0.2) is 18.2 Å². The Morgan fingerprint density at radius 3 is 2.13 bits per heavy atom. The third-order valence-electron chi connectivity index (χ3n) is 1.51. The van der Waals surface area contributed by atoms with Gasteiger partial charge in [0.25, 0.3) is 0 Å². The van der Waals surface area contributed by atoms with Gasteiger partial charge in [0.2, 0.25) is 5.91 Å². The summed E-state index contributed by atoms with van der Waals surface area (Å²) in [5, 5.41) is 0. The zero-order chi connectivity index (χ0) is 10.9. The lowest BCUT2D eigenvalue weighted by Crippen LogP contribution is -2.14. The monoisotopic (exact) mass is 243 g/mol. The van der Waals surface area contributed by atoms with Gasteiger partial charge in [-0.3, -0.25) is 4.79 Å². The number of hydrogen-bond acceptors (Lipinski definition) is 1. The molecule has 0 aliphatic heterocycles. The fraction of sp³-hybridized carbons (Fsp3) is 0.125. The molecule has 0 atom stereocenters. The molecule has 0 fully saturated rings. The van der Waals surface area contributed by atoms with Crippen molar-refractivity contribution in [2.45, 2.75) is 6.18 Å². The van der Waals surface area contributed by atoms with Crippen LogP contribution in [-0.4, -0.2) is 5.91 Å². The molecule has 0 aliphatic carbocycles. The van der Waals surface area contributed by atoms with Crippen molar-refractivity contribution in [3.8, 4) is 0 Å². The third kappa shape index (κ3) is 3.39. The first-order valence-electron chi connectivity index (χ1n) is 3.48. The first-order valence-corrected chi connectivity index (χ1v) is 3.48. The summed E-state index contributed by atoms with van der Waals surface area (Å²) in [6.07, 6.45) is -4.69. The quantitative estimate of drug-likeness (QED) is 0.756. The van der Waals surface area contributed by atoms with E-state index in [1.165, 1.54) is 0 Å². The maximum atomic E-state index is 12.6. The van der Waals surface area contributed by atoms with Crippen LogP contribution < -0.4 is 5.73 Å². The molecule has 15 heavy (non-hydrogen) atoms. The highest BCUT2D eigenvalue weighted by Crippen LogP contribution is 2.30. The molecule has 1 rings (SSSR count). The fourth-order valence-electron chi connectivity index (χ4n) is 0.896. The summed E-state index contributed by atoms with van der Waals surface area (Å²) < 4.78 is 48.9. The van der Waals surface area contributed by atoms with Gasteiger partial charge in [0.15, 0.2) is 0 Å². The lowest BCUT2D eigenvalue weighted by Gasteiger charge is -2.07. The number of carbonyl (C=O) groups is 1. The average Bonchev–Trinajstić information content (AvgIpc) is 2.01. The van der Waals surface area contributed by atoms with E-state index >= 15 is 0 Å². The Bertz CT molecular complexity index is 377. The third-order valence-corrected chi connectivity index (χ3v) is 1.51. The highest BCUT2D eigenvalue weighted by molar-refractivity contribution is 5.92. The standard InChI is InChI=1S/C8H5F4NO.ClH/c9-6-2-4(7(13)14)1-5(3-6)8(10,11)12;/h1-3H,(H2,13,14);1H. The number of amides is 1. The maximum Gasteiger partial charge on any atom is 0.416 e. The van der Waals surface area contributed by atoms with Gasteiger partial charge in [0.1, 0.15) is 5.82 Å². The number of primary amides is 1. The number of benzene rings is 1. The molecule has 0 unspecified atom stereocenters. The first kappa shape index (κ1) is 13.7. The van der Waals surface area contributed by atoms with E-state index in [9.17, 15) is 22.4 Å².